The highest BCUT2D eigenvalue weighted by Gasteiger charge is 2.37. The average Bonchev–Trinajstić information content (AvgIpc) is 2.58. The lowest BCUT2D eigenvalue weighted by molar-refractivity contribution is -0.153. The Hall–Kier alpha value is -1.74. The number of carbonyl (C=O) groups excluding carboxylic acids is 1. The van der Waals surface area contributed by atoms with E-state index < -0.39 is 13.9 Å². The van der Waals surface area contributed by atoms with E-state index in [1.165, 1.54) is 6.21 Å². The van der Waals surface area contributed by atoms with Crippen molar-refractivity contribution in [2.75, 3.05) is 13.2 Å². The molecule has 0 bridgehead atoms. The summed E-state index contributed by atoms with van der Waals surface area (Å²) < 4.78 is 11.8. The van der Waals surface area contributed by atoms with Gasteiger partial charge in [0, 0.05) is 0 Å². The summed E-state index contributed by atoms with van der Waals surface area (Å²) in [6.45, 7) is 17.1. The smallest absolute Gasteiger partial charge is 0.320 e. The van der Waals surface area contributed by atoms with Gasteiger partial charge in [-0.05, 0) is 50.0 Å². The third-order valence-corrected chi connectivity index (χ3v) is 9.44. The molecule has 0 fully saturated rings. The lowest BCUT2D eigenvalue weighted by Gasteiger charge is -2.37. The summed E-state index contributed by atoms with van der Waals surface area (Å²) in [5.41, 5.74) is 3.07. The van der Waals surface area contributed by atoms with Crippen molar-refractivity contribution in [2.45, 2.75) is 71.3 Å². The summed E-state index contributed by atoms with van der Waals surface area (Å²) in [6.07, 6.45) is 1.51. The molecule has 3 N–H and O–H groups in total. The van der Waals surface area contributed by atoms with Crippen LogP contribution in [0.5, 0.6) is 0 Å². The van der Waals surface area contributed by atoms with Crippen molar-refractivity contribution in [3.8, 4) is 0 Å². The second-order valence-electron chi connectivity index (χ2n) is 9.62. The molecule has 1 aromatic rings. The molecule has 0 aliphatic carbocycles. The first-order valence-corrected chi connectivity index (χ1v) is 12.8. The maximum Gasteiger partial charge on any atom is 0.320 e. The summed E-state index contributed by atoms with van der Waals surface area (Å²) in [4.78, 5) is 12.2. The molecule has 29 heavy (non-hydrogen) atoms. The van der Waals surface area contributed by atoms with Crippen LogP contribution in [-0.2, 0) is 14.0 Å². The molecular formula is C21H37N3O4Si. The Morgan fingerprint density at radius 1 is 1.17 bits per heavy atom. The highest BCUT2D eigenvalue weighted by atomic mass is 28.4. The molecule has 1 rings (SSSR count). The predicted molar refractivity (Wildman–Crippen MR) is 119 cm³/mol. The molecule has 0 heterocycles. The molecule has 0 amide bonds. The summed E-state index contributed by atoms with van der Waals surface area (Å²) in [5, 5.41) is 15.5. The zero-order chi connectivity index (χ0) is 22.3. The van der Waals surface area contributed by atoms with Gasteiger partial charge in [0.1, 0.15) is 5.60 Å². The second-order valence-corrected chi connectivity index (χ2v) is 14.4. The first kappa shape index (κ1) is 25.3. The number of esters is 1. The largest absolute Gasteiger partial charge is 0.459 e. The Morgan fingerprint density at radius 2 is 1.76 bits per heavy atom. The minimum absolute atomic E-state index is 0.0976. The van der Waals surface area contributed by atoms with Gasteiger partial charge in [-0.3, -0.25) is 15.3 Å². The Kier molecular flexibility index (Phi) is 9.01. The van der Waals surface area contributed by atoms with Crippen molar-refractivity contribution in [1.82, 2.24) is 10.9 Å². The van der Waals surface area contributed by atoms with Crippen LogP contribution in [0.4, 0.5) is 0 Å². The standard InChI is InChI=1S/C21H37N3O4Si/c1-20(2,3)28-19(25)14-22-18(15-27-29(7,8)21(4,5)6)17-11-9-16(10-12-17)13-23-24-26/h9-13,18,22,24,26H,14-15H2,1-8H3/b23-13-/t18-/m1/s1. The molecule has 0 aliphatic rings. The third kappa shape index (κ3) is 9.08. The van der Waals surface area contributed by atoms with Crippen LogP contribution in [0, 0.1) is 0 Å². The van der Waals surface area contributed by atoms with E-state index >= 15 is 0 Å². The predicted octanol–water partition coefficient (Wildman–Crippen LogP) is 3.99. The highest BCUT2D eigenvalue weighted by molar-refractivity contribution is 6.74. The van der Waals surface area contributed by atoms with Crippen molar-refractivity contribution in [1.29, 1.82) is 0 Å². The minimum atomic E-state index is -1.94. The van der Waals surface area contributed by atoms with Crippen LogP contribution in [0.15, 0.2) is 29.4 Å². The first-order valence-electron chi connectivity index (χ1n) is 9.86. The van der Waals surface area contributed by atoms with E-state index in [9.17, 15) is 4.79 Å². The fourth-order valence-electron chi connectivity index (χ4n) is 2.28. The lowest BCUT2D eigenvalue weighted by atomic mass is 10.1. The number of nitrogens with one attached hydrogen (secondary N) is 2. The van der Waals surface area contributed by atoms with Gasteiger partial charge in [-0.25, -0.2) is 0 Å². The number of hydrazone groups is 1. The highest BCUT2D eigenvalue weighted by Crippen LogP contribution is 2.37. The number of carbonyl (C=O) groups is 1. The van der Waals surface area contributed by atoms with Crippen LogP contribution < -0.4 is 10.9 Å². The van der Waals surface area contributed by atoms with Gasteiger partial charge in [0.25, 0.3) is 0 Å². The van der Waals surface area contributed by atoms with E-state index in [0.717, 1.165) is 11.1 Å². The molecule has 164 valence electrons. The summed E-state index contributed by atoms with van der Waals surface area (Å²) >= 11 is 0. The molecule has 0 spiro atoms. The van der Waals surface area contributed by atoms with Gasteiger partial charge in [0.05, 0.1) is 25.4 Å². The Balaban J connectivity index is 2.93. The number of hydrogen-bond donors (Lipinski definition) is 3. The monoisotopic (exact) mass is 423 g/mol. The van der Waals surface area contributed by atoms with Gasteiger partial charge in [0.15, 0.2) is 8.32 Å². The second kappa shape index (κ2) is 10.3. The lowest BCUT2D eigenvalue weighted by Crippen LogP contribution is -2.43. The first-order chi connectivity index (χ1) is 13.2. The molecule has 8 heteroatoms. The van der Waals surface area contributed by atoms with Gasteiger partial charge in [-0.15, -0.1) is 0 Å². The SMILES string of the molecule is CC(C)(C)OC(=O)CN[C@H](CO[Si](C)(C)C(C)(C)C)c1ccc(/C=N\NO)cc1. The molecule has 0 unspecified atom stereocenters. The zero-order valence-electron chi connectivity index (χ0n) is 19.0. The molecule has 1 atom stereocenters. The Bertz CT molecular complexity index is 677. The van der Waals surface area contributed by atoms with Crippen molar-refractivity contribution in [3.05, 3.63) is 35.4 Å². The van der Waals surface area contributed by atoms with Gasteiger partial charge in [-0.1, -0.05) is 45.0 Å². The van der Waals surface area contributed by atoms with Crippen LogP contribution in [0.2, 0.25) is 18.1 Å². The van der Waals surface area contributed by atoms with Gasteiger partial charge in [0.2, 0.25) is 0 Å². The molecule has 0 aliphatic heterocycles. The normalized spacial score (nSPS) is 14.1. The summed E-state index contributed by atoms with van der Waals surface area (Å²) in [6, 6.07) is 7.55. The van der Waals surface area contributed by atoms with Crippen molar-refractivity contribution in [3.63, 3.8) is 0 Å². The van der Waals surface area contributed by atoms with Crippen LogP contribution in [0.1, 0.15) is 58.7 Å². The topological polar surface area (TPSA) is 92.2 Å². The van der Waals surface area contributed by atoms with E-state index in [2.05, 4.69) is 44.3 Å². The maximum absolute atomic E-state index is 12.2. The van der Waals surface area contributed by atoms with E-state index in [4.69, 9.17) is 14.4 Å². The van der Waals surface area contributed by atoms with Crippen molar-refractivity contribution < 1.29 is 19.2 Å². The number of hydrogen-bond acceptors (Lipinski definition) is 7. The Labute approximate surface area is 176 Å². The number of ether oxygens (including phenoxy) is 1. The van der Waals surface area contributed by atoms with E-state index in [1.54, 1.807) is 5.59 Å². The molecule has 7 nitrogen and oxygen atoms in total. The fourth-order valence-corrected chi connectivity index (χ4v) is 3.30. The molecule has 1 aromatic carbocycles. The Morgan fingerprint density at radius 3 is 2.24 bits per heavy atom. The average molecular weight is 424 g/mol. The van der Waals surface area contributed by atoms with E-state index in [1.807, 2.05) is 45.0 Å². The van der Waals surface area contributed by atoms with E-state index in [0.29, 0.717) is 6.61 Å². The number of rotatable bonds is 9. The van der Waals surface area contributed by atoms with Gasteiger partial charge >= 0.3 is 5.97 Å². The fraction of sp³-hybridized carbons (Fsp3) is 0.619. The quantitative estimate of drug-likeness (QED) is 0.241. The minimum Gasteiger partial charge on any atom is -0.459 e. The number of benzene rings is 1. The molecule has 0 saturated carbocycles. The third-order valence-electron chi connectivity index (χ3n) is 4.94. The van der Waals surface area contributed by atoms with Crippen LogP contribution in [0.3, 0.4) is 0 Å². The van der Waals surface area contributed by atoms with E-state index in [-0.39, 0.29) is 23.6 Å². The molecular weight excluding hydrogens is 386 g/mol. The van der Waals surface area contributed by atoms with Crippen LogP contribution in [0.25, 0.3) is 0 Å². The van der Waals surface area contributed by atoms with Crippen molar-refractivity contribution in [2.24, 2.45) is 5.10 Å². The summed E-state index contributed by atoms with van der Waals surface area (Å²) in [7, 11) is -1.94. The molecule has 0 aromatic heterocycles. The van der Waals surface area contributed by atoms with Gasteiger partial charge < -0.3 is 9.16 Å². The van der Waals surface area contributed by atoms with Crippen LogP contribution >= 0.6 is 0 Å². The number of nitrogens with zero attached hydrogens (tertiary/aromatic N) is 1. The zero-order valence-corrected chi connectivity index (χ0v) is 20.0. The van der Waals surface area contributed by atoms with Crippen molar-refractivity contribution >= 4 is 20.5 Å². The molecule has 0 radical (unpaired) electrons. The van der Waals surface area contributed by atoms with Crippen LogP contribution in [-0.4, -0.2) is 44.5 Å². The summed E-state index contributed by atoms with van der Waals surface area (Å²) in [5.74, 6) is -0.299. The molecule has 0 saturated heterocycles. The maximum atomic E-state index is 12.2. The van der Waals surface area contributed by atoms with Gasteiger partial charge in [-0.2, -0.15) is 10.7 Å².